The minimum atomic E-state index is -0.691. The number of nitrogens with zero attached hydrogens (tertiary/aromatic N) is 1. The third-order valence-electron chi connectivity index (χ3n) is 5.08. The van der Waals surface area contributed by atoms with Crippen LogP contribution in [0.2, 0.25) is 0 Å². The van der Waals surface area contributed by atoms with Crippen LogP contribution in [0.15, 0.2) is 30.4 Å². The lowest BCUT2D eigenvalue weighted by atomic mass is 9.74. The summed E-state index contributed by atoms with van der Waals surface area (Å²) in [6.07, 6.45) is 3.86. The zero-order chi connectivity index (χ0) is 19.1. The predicted octanol–water partition coefficient (Wildman–Crippen LogP) is 2.51. The van der Waals surface area contributed by atoms with Crippen LogP contribution in [-0.2, 0) is 19.7 Å². The molecule has 1 aliphatic carbocycles. The minimum absolute atomic E-state index is 0.0263. The summed E-state index contributed by atoms with van der Waals surface area (Å²) in [7, 11) is 6.73. The van der Waals surface area contributed by atoms with Gasteiger partial charge in [-0.2, -0.15) is 0 Å². The summed E-state index contributed by atoms with van der Waals surface area (Å²) < 4.78 is 23.1. The summed E-state index contributed by atoms with van der Waals surface area (Å²) in [6, 6.07) is 5.74. The SMILES string of the molecule is COc1ccc([C@@]2(CC(=O)N(C)C)C=C[C@@H]3OC(C)(C)O[C@@H]32)cc1OC. The number of rotatable bonds is 5. The van der Waals surface area contributed by atoms with Crippen molar-refractivity contribution in [3.8, 4) is 11.5 Å². The van der Waals surface area contributed by atoms with Crippen molar-refractivity contribution in [2.45, 2.75) is 43.7 Å². The largest absolute Gasteiger partial charge is 0.493 e. The number of hydrogen-bond donors (Lipinski definition) is 0. The van der Waals surface area contributed by atoms with Crippen LogP contribution >= 0.6 is 0 Å². The standard InChI is InChI=1S/C20H27NO5/c1-19(2)25-15-9-10-20(18(15)26-19,12-17(22)21(3)4)13-7-8-14(23-5)16(11-13)24-6/h7-11,15,18H,12H2,1-6H3/t15-,18-,20-/m0/s1. The van der Waals surface area contributed by atoms with Crippen LogP contribution < -0.4 is 9.47 Å². The number of ether oxygens (including phenoxy) is 4. The maximum Gasteiger partial charge on any atom is 0.223 e. The van der Waals surface area contributed by atoms with Gasteiger partial charge in [0.25, 0.3) is 0 Å². The fourth-order valence-corrected chi connectivity index (χ4v) is 3.75. The molecule has 0 spiro atoms. The van der Waals surface area contributed by atoms with Crippen molar-refractivity contribution in [2.24, 2.45) is 0 Å². The highest BCUT2D eigenvalue weighted by molar-refractivity contribution is 5.78. The highest BCUT2D eigenvalue weighted by atomic mass is 16.8. The van der Waals surface area contributed by atoms with Gasteiger partial charge in [-0.25, -0.2) is 0 Å². The Hall–Kier alpha value is -2.05. The van der Waals surface area contributed by atoms with Crippen molar-refractivity contribution in [3.05, 3.63) is 35.9 Å². The van der Waals surface area contributed by atoms with Gasteiger partial charge >= 0.3 is 0 Å². The van der Waals surface area contributed by atoms with E-state index in [1.165, 1.54) is 0 Å². The Bertz CT molecular complexity index is 727. The Balaban J connectivity index is 2.08. The molecular weight excluding hydrogens is 334 g/mol. The van der Waals surface area contributed by atoms with E-state index in [0.717, 1.165) is 5.56 Å². The average molecular weight is 361 g/mol. The molecule has 26 heavy (non-hydrogen) atoms. The minimum Gasteiger partial charge on any atom is -0.493 e. The number of carbonyl (C=O) groups is 1. The molecule has 1 fully saturated rings. The molecule has 6 heteroatoms. The van der Waals surface area contributed by atoms with Crippen molar-refractivity contribution < 1.29 is 23.7 Å². The van der Waals surface area contributed by atoms with Gasteiger partial charge in [-0.1, -0.05) is 18.2 Å². The number of hydrogen-bond acceptors (Lipinski definition) is 5. The van der Waals surface area contributed by atoms with Crippen LogP contribution in [0, 0.1) is 0 Å². The van der Waals surface area contributed by atoms with Gasteiger partial charge in [0.2, 0.25) is 5.91 Å². The molecule has 0 bridgehead atoms. The van der Waals surface area contributed by atoms with E-state index in [4.69, 9.17) is 18.9 Å². The van der Waals surface area contributed by atoms with Crippen LogP contribution in [0.4, 0.5) is 0 Å². The highest BCUT2D eigenvalue weighted by Crippen LogP contribution is 2.49. The second kappa shape index (κ2) is 6.59. The molecule has 0 unspecified atom stereocenters. The molecule has 6 nitrogen and oxygen atoms in total. The van der Waals surface area contributed by atoms with Crippen molar-refractivity contribution in [2.75, 3.05) is 28.3 Å². The Labute approximate surface area is 154 Å². The molecule has 0 aromatic heterocycles. The van der Waals surface area contributed by atoms with Crippen molar-refractivity contribution in [1.29, 1.82) is 0 Å². The Morgan fingerprint density at radius 3 is 2.46 bits per heavy atom. The van der Waals surface area contributed by atoms with Gasteiger partial charge in [-0.15, -0.1) is 0 Å². The van der Waals surface area contributed by atoms with E-state index in [-0.39, 0.29) is 24.5 Å². The summed E-state index contributed by atoms with van der Waals surface area (Å²) >= 11 is 0. The number of benzene rings is 1. The Morgan fingerprint density at radius 1 is 1.15 bits per heavy atom. The molecule has 1 amide bonds. The Kier molecular flexibility index (Phi) is 4.75. The van der Waals surface area contributed by atoms with E-state index in [9.17, 15) is 4.79 Å². The first-order chi connectivity index (χ1) is 12.2. The molecule has 142 valence electrons. The van der Waals surface area contributed by atoms with Gasteiger partial charge in [0.15, 0.2) is 17.3 Å². The molecule has 0 radical (unpaired) electrons. The topological polar surface area (TPSA) is 57.2 Å². The van der Waals surface area contributed by atoms with E-state index in [2.05, 4.69) is 0 Å². The fraction of sp³-hybridized carbons (Fsp3) is 0.550. The van der Waals surface area contributed by atoms with Gasteiger partial charge in [0, 0.05) is 20.5 Å². The van der Waals surface area contributed by atoms with E-state index in [1.54, 1.807) is 33.2 Å². The third-order valence-corrected chi connectivity index (χ3v) is 5.08. The van der Waals surface area contributed by atoms with Crippen molar-refractivity contribution in [1.82, 2.24) is 4.90 Å². The van der Waals surface area contributed by atoms with Gasteiger partial charge < -0.3 is 23.8 Å². The monoisotopic (exact) mass is 361 g/mol. The van der Waals surface area contributed by atoms with E-state index in [1.807, 2.05) is 44.2 Å². The molecule has 1 aromatic carbocycles. The molecule has 1 aliphatic heterocycles. The quantitative estimate of drug-likeness (QED) is 0.755. The van der Waals surface area contributed by atoms with Gasteiger partial charge in [-0.3, -0.25) is 4.79 Å². The van der Waals surface area contributed by atoms with Crippen molar-refractivity contribution in [3.63, 3.8) is 0 Å². The summed E-state index contributed by atoms with van der Waals surface area (Å²) in [6.45, 7) is 3.79. The maximum absolute atomic E-state index is 12.6. The van der Waals surface area contributed by atoms with Gasteiger partial charge in [0.1, 0.15) is 12.2 Å². The zero-order valence-electron chi connectivity index (χ0n) is 16.2. The molecule has 1 heterocycles. The predicted molar refractivity (Wildman–Crippen MR) is 97.5 cm³/mol. The summed E-state index contributed by atoms with van der Waals surface area (Å²) in [5.74, 6) is 0.603. The molecule has 3 atom stereocenters. The van der Waals surface area contributed by atoms with E-state index >= 15 is 0 Å². The third kappa shape index (κ3) is 3.08. The first kappa shape index (κ1) is 18.7. The van der Waals surface area contributed by atoms with Crippen LogP contribution in [0.25, 0.3) is 0 Å². The average Bonchev–Trinajstić information content (AvgIpc) is 3.08. The van der Waals surface area contributed by atoms with Crippen LogP contribution in [-0.4, -0.2) is 57.1 Å². The number of fused-ring (bicyclic) bond motifs is 1. The molecule has 0 saturated carbocycles. The summed E-state index contributed by atoms with van der Waals surface area (Å²) in [5.41, 5.74) is 0.315. The second-order valence-corrected chi connectivity index (χ2v) is 7.45. The van der Waals surface area contributed by atoms with Crippen LogP contribution in [0.1, 0.15) is 25.8 Å². The number of amides is 1. The maximum atomic E-state index is 12.6. The number of methoxy groups -OCH3 is 2. The van der Waals surface area contributed by atoms with Crippen LogP contribution in [0.3, 0.4) is 0 Å². The zero-order valence-corrected chi connectivity index (χ0v) is 16.2. The van der Waals surface area contributed by atoms with Gasteiger partial charge in [0.05, 0.1) is 19.6 Å². The summed E-state index contributed by atoms with van der Waals surface area (Å²) in [4.78, 5) is 14.2. The Morgan fingerprint density at radius 2 is 1.85 bits per heavy atom. The first-order valence-corrected chi connectivity index (χ1v) is 8.70. The lowest BCUT2D eigenvalue weighted by Crippen LogP contribution is -2.43. The number of carbonyl (C=O) groups excluding carboxylic acids is 1. The molecule has 2 aliphatic rings. The fourth-order valence-electron chi connectivity index (χ4n) is 3.75. The summed E-state index contributed by atoms with van der Waals surface area (Å²) in [5, 5.41) is 0. The van der Waals surface area contributed by atoms with Crippen LogP contribution in [0.5, 0.6) is 11.5 Å². The lowest BCUT2D eigenvalue weighted by molar-refractivity contribution is -0.152. The highest BCUT2D eigenvalue weighted by Gasteiger charge is 2.56. The van der Waals surface area contributed by atoms with Gasteiger partial charge in [-0.05, 0) is 31.5 Å². The smallest absolute Gasteiger partial charge is 0.223 e. The molecule has 1 aromatic rings. The molecule has 3 rings (SSSR count). The second-order valence-electron chi connectivity index (χ2n) is 7.45. The van der Waals surface area contributed by atoms with E-state index in [0.29, 0.717) is 11.5 Å². The lowest BCUT2D eigenvalue weighted by Gasteiger charge is -2.35. The molecule has 1 saturated heterocycles. The first-order valence-electron chi connectivity index (χ1n) is 8.70. The molecular formula is C20H27NO5. The van der Waals surface area contributed by atoms with E-state index < -0.39 is 11.2 Å². The van der Waals surface area contributed by atoms with Crippen molar-refractivity contribution >= 4 is 5.91 Å². The normalized spacial score (nSPS) is 28.7. The molecule has 0 N–H and O–H groups in total.